The number of benzene rings is 1. The predicted molar refractivity (Wildman–Crippen MR) is 67.1 cm³/mol. The van der Waals surface area contributed by atoms with Crippen molar-refractivity contribution in [1.29, 1.82) is 0 Å². The molecule has 0 radical (unpaired) electrons. The van der Waals surface area contributed by atoms with E-state index in [1.807, 2.05) is 45.9 Å². The van der Waals surface area contributed by atoms with Gasteiger partial charge in [-0.3, -0.25) is 0 Å². The highest BCUT2D eigenvalue weighted by Crippen LogP contribution is 2.29. The Kier molecular flexibility index (Phi) is 3.79. The Morgan fingerprint density at radius 1 is 1.33 bits per heavy atom. The number of rotatable bonds is 2. The molecule has 1 aromatic carbocycles. The second-order valence-electron chi connectivity index (χ2n) is 4.69. The average Bonchev–Trinajstić information content (AvgIpc) is 2.05. The summed E-state index contributed by atoms with van der Waals surface area (Å²) in [5.74, 6) is 0.862. The molecule has 0 spiro atoms. The van der Waals surface area contributed by atoms with E-state index in [1.54, 1.807) is 0 Å². The van der Waals surface area contributed by atoms with Gasteiger partial charge in [-0.05, 0) is 45.9 Å². The van der Waals surface area contributed by atoms with E-state index in [2.05, 4.69) is 15.9 Å². The summed E-state index contributed by atoms with van der Waals surface area (Å²) in [6.45, 7) is 8.04. The first-order valence-corrected chi connectivity index (χ1v) is 5.83. The van der Waals surface area contributed by atoms with E-state index < -0.39 is 0 Å². The van der Waals surface area contributed by atoms with Crippen molar-refractivity contribution in [1.82, 2.24) is 0 Å². The molecule has 0 aliphatic carbocycles. The van der Waals surface area contributed by atoms with E-state index in [1.165, 1.54) is 0 Å². The minimum absolute atomic E-state index is 0.0279. The van der Waals surface area contributed by atoms with Gasteiger partial charge in [0.25, 0.3) is 0 Å². The summed E-state index contributed by atoms with van der Waals surface area (Å²) in [6, 6.07) is 5.90. The highest BCUT2D eigenvalue weighted by Gasteiger charge is 2.16. The Morgan fingerprint density at radius 3 is 2.40 bits per heavy atom. The molecule has 0 saturated heterocycles. The normalized spacial score (nSPS) is 13.7. The topological polar surface area (TPSA) is 35.2 Å². The van der Waals surface area contributed by atoms with Crippen LogP contribution in [-0.4, -0.2) is 5.60 Å². The Morgan fingerprint density at radius 2 is 1.93 bits per heavy atom. The summed E-state index contributed by atoms with van der Waals surface area (Å²) < 4.78 is 6.87. The smallest absolute Gasteiger partial charge is 0.124 e. The third kappa shape index (κ3) is 3.84. The summed E-state index contributed by atoms with van der Waals surface area (Å²) in [7, 11) is 0. The van der Waals surface area contributed by atoms with Gasteiger partial charge < -0.3 is 10.5 Å². The van der Waals surface area contributed by atoms with Gasteiger partial charge >= 0.3 is 0 Å². The molecule has 0 heterocycles. The van der Waals surface area contributed by atoms with Crippen LogP contribution in [0.2, 0.25) is 0 Å². The van der Waals surface area contributed by atoms with Crippen molar-refractivity contribution in [2.75, 3.05) is 0 Å². The zero-order valence-corrected chi connectivity index (χ0v) is 11.3. The lowest BCUT2D eigenvalue weighted by molar-refractivity contribution is 0.129. The Bertz CT molecular complexity index is 342. The van der Waals surface area contributed by atoms with Crippen LogP contribution in [0.3, 0.4) is 0 Å². The van der Waals surface area contributed by atoms with Crippen molar-refractivity contribution in [3.05, 3.63) is 28.2 Å². The van der Waals surface area contributed by atoms with Crippen molar-refractivity contribution in [3.63, 3.8) is 0 Å². The lowest BCUT2D eigenvalue weighted by Crippen LogP contribution is -2.24. The van der Waals surface area contributed by atoms with Crippen molar-refractivity contribution < 1.29 is 4.74 Å². The molecule has 0 fully saturated rings. The van der Waals surface area contributed by atoms with Gasteiger partial charge in [0.2, 0.25) is 0 Å². The van der Waals surface area contributed by atoms with Crippen LogP contribution in [0.15, 0.2) is 22.7 Å². The van der Waals surface area contributed by atoms with Crippen LogP contribution in [0, 0.1) is 0 Å². The highest BCUT2D eigenvalue weighted by molar-refractivity contribution is 9.10. The lowest BCUT2D eigenvalue weighted by atomic mass is 10.1. The van der Waals surface area contributed by atoms with Crippen LogP contribution in [0.4, 0.5) is 0 Å². The molecule has 0 aliphatic rings. The maximum absolute atomic E-state index is 5.90. The number of halogens is 1. The quantitative estimate of drug-likeness (QED) is 0.892. The maximum atomic E-state index is 5.90. The molecule has 15 heavy (non-hydrogen) atoms. The first kappa shape index (κ1) is 12.5. The van der Waals surface area contributed by atoms with E-state index in [4.69, 9.17) is 10.5 Å². The largest absolute Gasteiger partial charge is 0.488 e. The molecule has 1 unspecified atom stereocenters. The molecule has 0 aromatic heterocycles. The highest BCUT2D eigenvalue weighted by atomic mass is 79.9. The van der Waals surface area contributed by atoms with E-state index in [9.17, 15) is 0 Å². The minimum Gasteiger partial charge on any atom is -0.488 e. The summed E-state index contributed by atoms with van der Waals surface area (Å²) in [4.78, 5) is 0. The third-order valence-electron chi connectivity index (χ3n) is 1.88. The SMILES string of the molecule is CC(N)c1cc(Br)ccc1OC(C)(C)C. The molecule has 3 heteroatoms. The molecule has 0 aliphatic heterocycles. The molecule has 0 bridgehead atoms. The summed E-state index contributed by atoms with van der Waals surface area (Å²) in [5.41, 5.74) is 6.73. The van der Waals surface area contributed by atoms with E-state index >= 15 is 0 Å². The minimum atomic E-state index is -0.197. The van der Waals surface area contributed by atoms with Crippen molar-refractivity contribution in [3.8, 4) is 5.75 Å². The van der Waals surface area contributed by atoms with Crippen LogP contribution in [0.25, 0.3) is 0 Å². The van der Waals surface area contributed by atoms with Crippen molar-refractivity contribution in [2.24, 2.45) is 5.73 Å². The second kappa shape index (κ2) is 4.54. The second-order valence-corrected chi connectivity index (χ2v) is 5.60. The van der Waals surface area contributed by atoms with Crippen LogP contribution in [0.5, 0.6) is 5.75 Å². The van der Waals surface area contributed by atoms with Gasteiger partial charge in [0, 0.05) is 16.1 Å². The van der Waals surface area contributed by atoms with E-state index in [0.717, 1.165) is 15.8 Å². The molecule has 0 amide bonds. The first-order valence-electron chi connectivity index (χ1n) is 5.03. The number of ether oxygens (including phenoxy) is 1. The molecular formula is C12H18BrNO. The molecule has 84 valence electrons. The van der Waals surface area contributed by atoms with E-state index in [0.29, 0.717) is 0 Å². The van der Waals surface area contributed by atoms with Crippen molar-refractivity contribution in [2.45, 2.75) is 39.3 Å². The predicted octanol–water partition coefficient (Wildman–Crippen LogP) is 3.65. The zero-order chi connectivity index (χ0) is 11.6. The van der Waals surface area contributed by atoms with Crippen LogP contribution in [-0.2, 0) is 0 Å². The Labute approximate surface area is 99.9 Å². The first-order chi connectivity index (χ1) is 6.79. The maximum Gasteiger partial charge on any atom is 0.124 e. The summed E-state index contributed by atoms with van der Waals surface area (Å²) in [5, 5.41) is 0. The third-order valence-corrected chi connectivity index (χ3v) is 2.37. The monoisotopic (exact) mass is 271 g/mol. The number of nitrogens with two attached hydrogens (primary N) is 1. The van der Waals surface area contributed by atoms with Gasteiger partial charge in [0.05, 0.1) is 0 Å². The molecule has 1 aromatic rings. The van der Waals surface area contributed by atoms with Crippen LogP contribution in [0.1, 0.15) is 39.3 Å². The van der Waals surface area contributed by atoms with Gasteiger partial charge in [0.1, 0.15) is 11.4 Å². The summed E-state index contributed by atoms with van der Waals surface area (Å²) in [6.07, 6.45) is 0. The molecule has 2 N–H and O–H groups in total. The van der Waals surface area contributed by atoms with Gasteiger partial charge in [0.15, 0.2) is 0 Å². The average molecular weight is 272 g/mol. The lowest BCUT2D eigenvalue weighted by Gasteiger charge is -2.24. The van der Waals surface area contributed by atoms with E-state index in [-0.39, 0.29) is 11.6 Å². The molecule has 1 rings (SSSR count). The standard InChI is InChI=1S/C12H18BrNO/c1-8(14)10-7-9(13)5-6-11(10)15-12(2,3)4/h5-8H,14H2,1-4H3. The van der Waals surface area contributed by atoms with Gasteiger partial charge in [-0.1, -0.05) is 15.9 Å². The van der Waals surface area contributed by atoms with Gasteiger partial charge in [-0.25, -0.2) is 0 Å². The number of hydrogen-bond acceptors (Lipinski definition) is 2. The Balaban J connectivity index is 3.06. The fraction of sp³-hybridized carbons (Fsp3) is 0.500. The Hall–Kier alpha value is -0.540. The fourth-order valence-electron chi connectivity index (χ4n) is 1.30. The van der Waals surface area contributed by atoms with Gasteiger partial charge in [-0.15, -0.1) is 0 Å². The van der Waals surface area contributed by atoms with Gasteiger partial charge in [-0.2, -0.15) is 0 Å². The molecule has 2 nitrogen and oxygen atoms in total. The molecule has 0 saturated carbocycles. The summed E-state index contributed by atoms with van der Waals surface area (Å²) >= 11 is 3.43. The molecule has 1 atom stereocenters. The van der Waals surface area contributed by atoms with Crippen LogP contribution < -0.4 is 10.5 Å². The fourth-order valence-corrected chi connectivity index (χ4v) is 1.68. The number of hydrogen-bond donors (Lipinski definition) is 1. The van der Waals surface area contributed by atoms with Crippen molar-refractivity contribution >= 4 is 15.9 Å². The zero-order valence-electron chi connectivity index (χ0n) is 9.67. The molecular weight excluding hydrogens is 254 g/mol. The van der Waals surface area contributed by atoms with Crippen LogP contribution >= 0.6 is 15.9 Å².